The number of hydrogen-bond donors (Lipinski definition) is 1. The Kier molecular flexibility index (Phi) is 8.15. The molecule has 6 nitrogen and oxygen atoms in total. The summed E-state index contributed by atoms with van der Waals surface area (Å²) in [6.45, 7) is 1.67. The number of hydrogen-bond acceptors (Lipinski definition) is 7. The van der Waals surface area contributed by atoms with Gasteiger partial charge in [-0.1, -0.05) is 11.2 Å². The topological polar surface area (TPSA) is 67.6 Å². The van der Waals surface area contributed by atoms with Gasteiger partial charge in [0.25, 0.3) is 0 Å². The third kappa shape index (κ3) is 7.23. The molecule has 0 radical (unpaired) electrons. The number of carbonyl (C=O) groups excluding carboxylic acids is 1. The van der Waals surface area contributed by atoms with Crippen molar-refractivity contribution < 1.29 is 14.1 Å². The number of anilines is 1. The highest BCUT2D eigenvalue weighted by molar-refractivity contribution is 7.99. The Morgan fingerprint density at radius 2 is 2.10 bits per heavy atom. The summed E-state index contributed by atoms with van der Waals surface area (Å²) >= 11 is 3.11. The Labute approximate surface area is 179 Å². The summed E-state index contributed by atoms with van der Waals surface area (Å²) in [4.78, 5) is 15.3. The van der Waals surface area contributed by atoms with E-state index in [-0.39, 0.29) is 5.91 Å². The number of amides is 1. The summed E-state index contributed by atoms with van der Waals surface area (Å²) in [5, 5.41) is 8.97. The molecule has 3 aromatic rings. The minimum atomic E-state index is -0.0448. The summed E-state index contributed by atoms with van der Waals surface area (Å²) in [6.07, 6.45) is 0.975. The Bertz CT molecular complexity index is 877. The van der Waals surface area contributed by atoms with Crippen LogP contribution in [-0.2, 0) is 10.5 Å². The quantitative estimate of drug-likeness (QED) is 0.447. The Balaban J connectivity index is 1.36. The number of aromatic nitrogens is 1. The fraction of sp³-hybridized carbons (Fsp3) is 0.333. The Morgan fingerprint density at radius 1 is 1.28 bits per heavy atom. The number of nitrogens with one attached hydrogen (secondary N) is 1. The van der Waals surface area contributed by atoms with Gasteiger partial charge in [-0.25, -0.2) is 0 Å². The lowest BCUT2D eigenvalue weighted by Gasteiger charge is -2.11. The smallest absolute Gasteiger partial charge is 0.234 e. The second-order valence-corrected chi connectivity index (χ2v) is 8.66. The molecular formula is C21H25N3O3S2. The summed E-state index contributed by atoms with van der Waals surface area (Å²) in [5.74, 6) is 2.51. The normalized spacial score (nSPS) is 11.0. The summed E-state index contributed by atoms with van der Waals surface area (Å²) in [6, 6.07) is 13.4. The number of thiophene rings is 1. The van der Waals surface area contributed by atoms with Crippen molar-refractivity contribution in [1.29, 1.82) is 0 Å². The highest BCUT2D eigenvalue weighted by Gasteiger charge is 2.09. The van der Waals surface area contributed by atoms with Gasteiger partial charge in [-0.3, -0.25) is 4.79 Å². The van der Waals surface area contributed by atoms with Crippen LogP contribution in [0, 0.1) is 0 Å². The molecule has 154 valence electrons. The van der Waals surface area contributed by atoms with Gasteiger partial charge in [0.05, 0.1) is 22.9 Å². The molecule has 0 atom stereocenters. The third-order valence-corrected chi connectivity index (χ3v) is 5.81. The first kappa shape index (κ1) is 21.4. The van der Waals surface area contributed by atoms with Gasteiger partial charge < -0.3 is 19.5 Å². The molecule has 0 unspecified atom stereocenters. The lowest BCUT2D eigenvalue weighted by molar-refractivity contribution is -0.113. The summed E-state index contributed by atoms with van der Waals surface area (Å²) < 4.78 is 11.1. The van der Waals surface area contributed by atoms with E-state index in [1.165, 1.54) is 11.8 Å². The van der Waals surface area contributed by atoms with Crippen molar-refractivity contribution in [2.45, 2.75) is 12.2 Å². The molecule has 2 aromatic heterocycles. The molecule has 0 bridgehead atoms. The lowest BCUT2D eigenvalue weighted by Crippen LogP contribution is -2.15. The van der Waals surface area contributed by atoms with E-state index in [0.717, 1.165) is 40.7 Å². The van der Waals surface area contributed by atoms with E-state index in [2.05, 4.69) is 15.4 Å². The van der Waals surface area contributed by atoms with E-state index in [0.29, 0.717) is 18.1 Å². The predicted octanol–water partition coefficient (Wildman–Crippen LogP) is 4.61. The summed E-state index contributed by atoms with van der Waals surface area (Å²) in [7, 11) is 4.09. The van der Waals surface area contributed by atoms with Crippen LogP contribution in [0.3, 0.4) is 0 Å². The molecule has 0 aliphatic rings. The maximum atomic E-state index is 12.1. The second kappa shape index (κ2) is 11.0. The third-order valence-electron chi connectivity index (χ3n) is 3.96. The van der Waals surface area contributed by atoms with E-state index in [9.17, 15) is 4.79 Å². The molecular weight excluding hydrogens is 406 g/mol. The molecule has 0 aliphatic carbocycles. The first-order chi connectivity index (χ1) is 14.1. The highest BCUT2D eigenvalue weighted by Crippen LogP contribution is 2.26. The number of rotatable bonds is 11. The van der Waals surface area contributed by atoms with Crippen LogP contribution in [0.15, 0.2) is 52.4 Å². The number of ether oxygens (including phenoxy) is 1. The van der Waals surface area contributed by atoms with Gasteiger partial charge in [-0.05, 0) is 56.2 Å². The van der Waals surface area contributed by atoms with Crippen LogP contribution in [0.1, 0.15) is 12.1 Å². The fourth-order valence-electron chi connectivity index (χ4n) is 2.57. The average molecular weight is 432 g/mol. The predicted molar refractivity (Wildman–Crippen MR) is 120 cm³/mol. The van der Waals surface area contributed by atoms with Gasteiger partial charge in [-0.15, -0.1) is 23.1 Å². The monoisotopic (exact) mass is 431 g/mol. The minimum Gasteiger partial charge on any atom is -0.494 e. The molecule has 0 saturated carbocycles. The largest absolute Gasteiger partial charge is 0.494 e. The molecule has 0 spiro atoms. The van der Waals surface area contributed by atoms with Crippen LogP contribution in [0.2, 0.25) is 0 Å². The van der Waals surface area contributed by atoms with Crippen molar-refractivity contribution in [1.82, 2.24) is 10.1 Å². The molecule has 1 aromatic carbocycles. The summed E-state index contributed by atoms with van der Waals surface area (Å²) in [5.41, 5.74) is 1.60. The van der Waals surface area contributed by atoms with Crippen molar-refractivity contribution in [3.05, 3.63) is 53.5 Å². The van der Waals surface area contributed by atoms with Crippen molar-refractivity contribution in [2.75, 3.05) is 38.3 Å². The van der Waals surface area contributed by atoms with E-state index in [1.807, 2.05) is 61.9 Å². The lowest BCUT2D eigenvalue weighted by atomic mass is 10.3. The van der Waals surface area contributed by atoms with E-state index in [1.54, 1.807) is 11.3 Å². The standard InChI is InChI=1S/C21H25N3O3S2/c1-24(2)10-4-11-26-18-8-6-16(7-9-18)22-21(25)15-28-14-17-13-19(27-23-17)20-5-3-12-29-20/h3,5-9,12-13H,4,10-11,14-15H2,1-2H3,(H,22,25). The first-order valence-corrected chi connectivity index (χ1v) is 11.4. The molecule has 0 saturated heterocycles. The number of nitrogens with zero attached hydrogens (tertiary/aromatic N) is 2. The second-order valence-electron chi connectivity index (χ2n) is 6.73. The van der Waals surface area contributed by atoms with Crippen LogP contribution < -0.4 is 10.1 Å². The number of benzene rings is 1. The molecule has 8 heteroatoms. The zero-order valence-corrected chi connectivity index (χ0v) is 18.2. The van der Waals surface area contributed by atoms with Gasteiger partial charge in [0.1, 0.15) is 5.75 Å². The van der Waals surface area contributed by atoms with Gasteiger partial charge in [-0.2, -0.15) is 0 Å². The maximum Gasteiger partial charge on any atom is 0.234 e. The van der Waals surface area contributed by atoms with Crippen LogP contribution in [0.4, 0.5) is 5.69 Å². The van der Waals surface area contributed by atoms with Gasteiger partial charge in [0.2, 0.25) is 5.91 Å². The van der Waals surface area contributed by atoms with Gasteiger partial charge in [0.15, 0.2) is 5.76 Å². The molecule has 1 amide bonds. The SMILES string of the molecule is CN(C)CCCOc1ccc(NC(=O)CSCc2cc(-c3cccs3)on2)cc1. The highest BCUT2D eigenvalue weighted by atomic mass is 32.2. The number of carbonyl (C=O) groups is 1. The van der Waals surface area contributed by atoms with Crippen molar-refractivity contribution >= 4 is 34.7 Å². The van der Waals surface area contributed by atoms with Crippen LogP contribution in [-0.4, -0.2) is 49.0 Å². The zero-order chi connectivity index (χ0) is 20.5. The van der Waals surface area contributed by atoms with Crippen molar-refractivity contribution in [2.24, 2.45) is 0 Å². The molecule has 2 heterocycles. The Hall–Kier alpha value is -2.29. The minimum absolute atomic E-state index is 0.0448. The molecule has 0 fully saturated rings. The van der Waals surface area contributed by atoms with E-state index >= 15 is 0 Å². The molecule has 3 rings (SSSR count). The Morgan fingerprint density at radius 3 is 2.83 bits per heavy atom. The van der Waals surface area contributed by atoms with Crippen LogP contribution in [0.25, 0.3) is 10.6 Å². The number of thioether (sulfide) groups is 1. The maximum absolute atomic E-state index is 12.1. The van der Waals surface area contributed by atoms with Crippen LogP contribution in [0.5, 0.6) is 5.75 Å². The zero-order valence-electron chi connectivity index (χ0n) is 16.6. The fourth-order valence-corrected chi connectivity index (χ4v) is 3.94. The molecule has 29 heavy (non-hydrogen) atoms. The average Bonchev–Trinajstić information content (AvgIpc) is 3.38. The van der Waals surface area contributed by atoms with Gasteiger partial charge >= 0.3 is 0 Å². The van der Waals surface area contributed by atoms with E-state index in [4.69, 9.17) is 9.26 Å². The van der Waals surface area contributed by atoms with Gasteiger partial charge in [0, 0.05) is 24.1 Å². The molecule has 0 aliphatic heterocycles. The van der Waals surface area contributed by atoms with Crippen LogP contribution >= 0.6 is 23.1 Å². The van der Waals surface area contributed by atoms with Crippen molar-refractivity contribution in [3.63, 3.8) is 0 Å². The molecule has 1 N–H and O–H groups in total. The van der Waals surface area contributed by atoms with Crippen molar-refractivity contribution in [3.8, 4) is 16.4 Å². The van der Waals surface area contributed by atoms with E-state index < -0.39 is 0 Å². The first-order valence-electron chi connectivity index (χ1n) is 9.35.